The van der Waals surface area contributed by atoms with Crippen molar-refractivity contribution in [2.45, 2.75) is 94.7 Å². The fourth-order valence-corrected chi connectivity index (χ4v) is 9.72. The summed E-state index contributed by atoms with van der Waals surface area (Å²) in [6, 6.07) is 24.7. The summed E-state index contributed by atoms with van der Waals surface area (Å²) in [7, 11) is 0. The Morgan fingerprint density at radius 3 is 2.21 bits per heavy atom. The largest absolute Gasteiger partial charge is 0.392 e. The van der Waals surface area contributed by atoms with E-state index in [1.807, 2.05) is 24.3 Å². The van der Waals surface area contributed by atoms with Gasteiger partial charge in [0.15, 0.2) is 6.29 Å². The third-order valence-corrected chi connectivity index (χ3v) is 11.6. The highest BCUT2D eigenvalue weighted by molar-refractivity contribution is 5.75. The number of urea groups is 1. The van der Waals surface area contributed by atoms with Crippen LogP contribution in [-0.2, 0) is 22.6 Å². The number of aliphatic hydroxyl groups excluding tert-OH is 2. The van der Waals surface area contributed by atoms with E-state index in [1.54, 1.807) is 0 Å². The molecule has 2 saturated heterocycles. The van der Waals surface area contributed by atoms with Crippen LogP contribution in [0.2, 0.25) is 0 Å². The zero-order chi connectivity index (χ0) is 32.7. The SMILES string of the molecule is O=C(NCc1cccc(-c2ccc([C@@H]3O[C@H](CN4CC[C@H](O)C4)C[C@H](c4ccc(CO)cc4)O3)cc2)c1)NC12CC3CC(CC(C3)C1)C2. The van der Waals surface area contributed by atoms with Crippen molar-refractivity contribution in [3.05, 3.63) is 95.1 Å². The van der Waals surface area contributed by atoms with Crippen molar-refractivity contribution in [3.8, 4) is 11.1 Å². The van der Waals surface area contributed by atoms with Crippen LogP contribution in [0.5, 0.6) is 0 Å². The predicted octanol–water partition coefficient (Wildman–Crippen LogP) is 6.23. The van der Waals surface area contributed by atoms with Gasteiger partial charge >= 0.3 is 6.03 Å². The normalized spacial score (nSPS) is 32.8. The summed E-state index contributed by atoms with van der Waals surface area (Å²) in [5.41, 5.74) is 6.17. The molecule has 8 nitrogen and oxygen atoms in total. The van der Waals surface area contributed by atoms with Crippen molar-refractivity contribution in [1.82, 2.24) is 15.5 Å². The Hall–Kier alpha value is -3.27. The molecule has 0 unspecified atom stereocenters. The molecule has 2 amide bonds. The summed E-state index contributed by atoms with van der Waals surface area (Å²) in [6.07, 6.45) is 8.09. The number of rotatable bonds is 9. The Morgan fingerprint density at radius 1 is 0.833 bits per heavy atom. The number of amides is 2. The molecule has 6 aliphatic rings. The third-order valence-electron chi connectivity index (χ3n) is 11.6. The molecule has 4 bridgehead atoms. The molecule has 9 rings (SSSR count). The van der Waals surface area contributed by atoms with E-state index in [4.69, 9.17) is 9.47 Å². The molecule has 4 atom stereocenters. The molecule has 48 heavy (non-hydrogen) atoms. The molecule has 3 aromatic rings. The molecule has 4 N–H and O–H groups in total. The van der Waals surface area contributed by atoms with Gasteiger partial charge in [-0.2, -0.15) is 0 Å². The lowest BCUT2D eigenvalue weighted by Gasteiger charge is -2.56. The topological polar surface area (TPSA) is 103 Å². The Morgan fingerprint density at radius 2 is 1.54 bits per heavy atom. The standard InChI is InChI=1S/C40H49N3O5/c44-25-26-4-6-32(7-5-26)37-18-36(24-43-13-12-35(45)23-43)47-38(48-37)33-10-8-31(9-11-33)34-3-1-2-27(17-34)22-41-39(46)42-40-19-28-14-29(20-40)16-30(15-28)21-40/h1-11,17,28-30,35-38,44-45H,12-16,18-25H2,(H2,41,42,46)/t28?,29?,30?,35-,36-,37+,38+,40?/m0/s1. The maximum absolute atomic E-state index is 13.1. The van der Waals surface area contributed by atoms with Gasteiger partial charge in [0.05, 0.1) is 24.9 Å². The maximum atomic E-state index is 13.1. The molecule has 0 aromatic heterocycles. The van der Waals surface area contributed by atoms with Gasteiger partial charge in [-0.05, 0) is 96.6 Å². The number of ether oxygens (including phenoxy) is 2. The van der Waals surface area contributed by atoms with E-state index < -0.39 is 6.29 Å². The zero-order valence-electron chi connectivity index (χ0n) is 27.7. The van der Waals surface area contributed by atoms with Crippen LogP contribution < -0.4 is 10.6 Å². The van der Waals surface area contributed by atoms with Crippen LogP contribution in [0, 0.1) is 17.8 Å². The molecule has 0 radical (unpaired) electrons. The first-order chi connectivity index (χ1) is 23.4. The Kier molecular flexibility index (Phi) is 9.03. The summed E-state index contributed by atoms with van der Waals surface area (Å²) >= 11 is 0. The quantitative estimate of drug-likeness (QED) is 0.219. The lowest BCUT2D eigenvalue weighted by Crippen LogP contribution is -2.61. The van der Waals surface area contributed by atoms with Crippen molar-refractivity contribution in [2.75, 3.05) is 19.6 Å². The molecule has 6 fully saturated rings. The highest BCUT2D eigenvalue weighted by atomic mass is 16.7. The molecule has 0 spiro atoms. The smallest absolute Gasteiger partial charge is 0.315 e. The van der Waals surface area contributed by atoms with Gasteiger partial charge in [0.25, 0.3) is 0 Å². The second kappa shape index (κ2) is 13.6. The van der Waals surface area contributed by atoms with E-state index in [0.29, 0.717) is 13.1 Å². The summed E-state index contributed by atoms with van der Waals surface area (Å²) in [6.45, 7) is 2.81. The number of nitrogens with zero attached hydrogens (tertiary/aromatic N) is 1. The van der Waals surface area contributed by atoms with Gasteiger partial charge in [0.2, 0.25) is 0 Å². The lowest BCUT2D eigenvalue weighted by molar-refractivity contribution is -0.252. The van der Waals surface area contributed by atoms with Crippen LogP contribution in [0.4, 0.5) is 4.79 Å². The highest BCUT2D eigenvalue weighted by Gasteiger charge is 2.51. The number of hydrogen-bond acceptors (Lipinski definition) is 6. The number of likely N-dealkylation sites (tertiary alicyclic amines) is 1. The van der Waals surface area contributed by atoms with Crippen molar-refractivity contribution in [1.29, 1.82) is 0 Å². The van der Waals surface area contributed by atoms with Gasteiger partial charge in [-0.3, -0.25) is 4.90 Å². The van der Waals surface area contributed by atoms with Crippen molar-refractivity contribution in [2.24, 2.45) is 17.8 Å². The third kappa shape index (κ3) is 7.05. The lowest BCUT2D eigenvalue weighted by atomic mass is 9.53. The molecular formula is C40H49N3O5. The fourth-order valence-electron chi connectivity index (χ4n) is 9.72. The molecule has 2 aliphatic heterocycles. The Labute approximate surface area is 283 Å². The molecule has 4 aliphatic carbocycles. The van der Waals surface area contributed by atoms with E-state index in [0.717, 1.165) is 96.3 Å². The van der Waals surface area contributed by atoms with Crippen molar-refractivity contribution in [3.63, 3.8) is 0 Å². The summed E-state index contributed by atoms with van der Waals surface area (Å²) in [4.78, 5) is 15.3. The van der Waals surface area contributed by atoms with Crippen LogP contribution in [0.1, 0.15) is 86.0 Å². The highest BCUT2D eigenvalue weighted by Crippen LogP contribution is 2.55. The van der Waals surface area contributed by atoms with Gasteiger partial charge in [0, 0.05) is 43.7 Å². The van der Waals surface area contributed by atoms with E-state index in [1.165, 1.54) is 19.3 Å². The van der Waals surface area contributed by atoms with Gasteiger partial charge < -0.3 is 30.3 Å². The number of aliphatic hydroxyl groups is 2. The number of benzene rings is 3. The Bertz CT molecular complexity index is 1540. The number of hydrogen-bond donors (Lipinski definition) is 4. The minimum absolute atomic E-state index is 0.00936. The zero-order valence-corrected chi connectivity index (χ0v) is 27.7. The number of carbonyl (C=O) groups is 1. The summed E-state index contributed by atoms with van der Waals surface area (Å²) in [5.74, 6) is 2.40. The van der Waals surface area contributed by atoms with Crippen LogP contribution in [0.15, 0.2) is 72.8 Å². The van der Waals surface area contributed by atoms with E-state index >= 15 is 0 Å². The first-order valence-corrected chi connectivity index (χ1v) is 18.0. The van der Waals surface area contributed by atoms with Crippen molar-refractivity contribution < 1.29 is 24.5 Å². The molecule has 3 aromatic carbocycles. The summed E-state index contributed by atoms with van der Waals surface area (Å²) < 4.78 is 13.1. The van der Waals surface area contributed by atoms with E-state index in [-0.39, 0.29) is 36.5 Å². The number of carbonyl (C=O) groups excluding carboxylic acids is 1. The average molecular weight is 652 g/mol. The minimum atomic E-state index is -0.518. The van der Waals surface area contributed by atoms with Crippen LogP contribution in [0.3, 0.4) is 0 Å². The van der Waals surface area contributed by atoms with Crippen LogP contribution >= 0.6 is 0 Å². The maximum Gasteiger partial charge on any atom is 0.315 e. The van der Waals surface area contributed by atoms with E-state index in [2.05, 4.69) is 64.1 Å². The summed E-state index contributed by atoms with van der Waals surface area (Å²) in [5, 5.41) is 26.2. The molecule has 2 heterocycles. The predicted molar refractivity (Wildman–Crippen MR) is 184 cm³/mol. The van der Waals surface area contributed by atoms with Gasteiger partial charge in [-0.1, -0.05) is 66.7 Å². The first kappa shape index (κ1) is 32.0. The van der Waals surface area contributed by atoms with Crippen molar-refractivity contribution >= 4 is 6.03 Å². The molecule has 4 saturated carbocycles. The molecular weight excluding hydrogens is 602 g/mol. The second-order valence-electron chi connectivity index (χ2n) is 15.4. The van der Waals surface area contributed by atoms with Crippen LogP contribution in [0.25, 0.3) is 11.1 Å². The fraction of sp³-hybridized carbons (Fsp3) is 0.525. The second-order valence-corrected chi connectivity index (χ2v) is 15.4. The Balaban J connectivity index is 0.918. The van der Waals surface area contributed by atoms with Crippen LogP contribution in [-0.4, -0.2) is 58.5 Å². The monoisotopic (exact) mass is 651 g/mol. The minimum Gasteiger partial charge on any atom is -0.392 e. The average Bonchev–Trinajstić information content (AvgIpc) is 3.50. The molecule has 8 heteroatoms. The van der Waals surface area contributed by atoms with Gasteiger partial charge in [-0.15, -0.1) is 0 Å². The number of nitrogens with one attached hydrogen (secondary N) is 2. The molecule has 254 valence electrons. The van der Waals surface area contributed by atoms with E-state index in [9.17, 15) is 15.0 Å². The van der Waals surface area contributed by atoms with Gasteiger partial charge in [-0.25, -0.2) is 4.79 Å². The van der Waals surface area contributed by atoms with Gasteiger partial charge in [0.1, 0.15) is 0 Å². The first-order valence-electron chi connectivity index (χ1n) is 18.0. The number of β-amino-alcohol motifs (C(OH)–C–C–N with tert-alkyl or cyclic N) is 1.